The van der Waals surface area contributed by atoms with Crippen molar-refractivity contribution in [2.45, 2.75) is 23.5 Å². The average molecular weight is 447 g/mol. The van der Waals surface area contributed by atoms with Gasteiger partial charge in [-0.1, -0.05) is 18.2 Å². The average Bonchev–Trinajstić information content (AvgIpc) is 3.22. The maximum Gasteiger partial charge on any atom is 0.230 e. The molecule has 1 aliphatic rings. The van der Waals surface area contributed by atoms with Crippen molar-refractivity contribution in [3.05, 3.63) is 72.1 Å². The lowest BCUT2D eigenvalue weighted by Gasteiger charge is -2.19. The summed E-state index contributed by atoms with van der Waals surface area (Å²) in [6.07, 6.45) is 0.610. The molecule has 0 saturated carbocycles. The highest BCUT2D eigenvalue weighted by Gasteiger charge is 2.15. The van der Waals surface area contributed by atoms with Crippen LogP contribution in [0.15, 0.2) is 65.6 Å². The summed E-state index contributed by atoms with van der Waals surface area (Å²) < 4.78 is 13.2. The van der Waals surface area contributed by atoms with Crippen LogP contribution in [0, 0.1) is 0 Å². The van der Waals surface area contributed by atoms with E-state index in [4.69, 9.17) is 25.3 Å². The van der Waals surface area contributed by atoms with E-state index in [9.17, 15) is 4.79 Å². The van der Waals surface area contributed by atoms with Crippen LogP contribution >= 0.6 is 11.8 Å². The van der Waals surface area contributed by atoms with Gasteiger partial charge in [0.15, 0.2) is 23.0 Å². The first-order valence-corrected chi connectivity index (χ1v) is 11.2. The van der Waals surface area contributed by atoms with Crippen LogP contribution in [-0.4, -0.2) is 39.0 Å². The molecule has 0 aliphatic carbocycles. The molecule has 7 nitrogen and oxygen atoms in total. The number of carbonyl (C=O) groups excluding carboxylic acids is 1. The summed E-state index contributed by atoms with van der Waals surface area (Å²) in [6.45, 7) is 2.92. The predicted octanol–water partition coefficient (Wildman–Crippen LogP) is 3.72. The molecule has 1 unspecified atom stereocenters. The summed E-state index contributed by atoms with van der Waals surface area (Å²) in [7, 11) is 0. The molecule has 0 saturated heterocycles. The van der Waals surface area contributed by atoms with Gasteiger partial charge in [0.1, 0.15) is 13.2 Å². The molecule has 5 rings (SSSR count). The fourth-order valence-corrected chi connectivity index (χ4v) is 4.39. The first kappa shape index (κ1) is 20.4. The van der Waals surface area contributed by atoms with Crippen LogP contribution in [0.2, 0.25) is 0 Å². The molecule has 8 heteroatoms. The fourth-order valence-electron chi connectivity index (χ4n) is 3.58. The molecular formula is C24H22N4O3S. The third kappa shape index (κ3) is 4.13. The molecular weight excluding hydrogens is 424 g/mol. The Morgan fingerprint density at radius 3 is 2.66 bits per heavy atom. The Bertz CT molecular complexity index is 1290. The van der Waals surface area contributed by atoms with Crippen LogP contribution in [0.3, 0.4) is 0 Å². The number of aromatic nitrogens is 3. The molecule has 2 N–H and O–H groups in total. The fraction of sp³-hybridized carbons (Fsp3) is 0.208. The summed E-state index contributed by atoms with van der Waals surface area (Å²) in [4.78, 5) is 17.0. The molecule has 0 bridgehead atoms. The van der Waals surface area contributed by atoms with Crippen molar-refractivity contribution in [1.82, 2.24) is 14.6 Å². The van der Waals surface area contributed by atoms with Gasteiger partial charge in [-0.3, -0.25) is 4.79 Å². The lowest BCUT2D eigenvalue weighted by Crippen LogP contribution is -2.22. The van der Waals surface area contributed by atoms with Gasteiger partial charge in [-0.15, -0.1) is 11.8 Å². The monoisotopic (exact) mass is 446 g/mol. The number of rotatable bonds is 6. The maximum absolute atomic E-state index is 11.3. The molecule has 0 radical (unpaired) electrons. The number of amides is 1. The zero-order chi connectivity index (χ0) is 22.1. The Balaban J connectivity index is 1.39. The van der Waals surface area contributed by atoms with Gasteiger partial charge in [0.25, 0.3) is 0 Å². The Labute approximate surface area is 189 Å². The van der Waals surface area contributed by atoms with Gasteiger partial charge in [0, 0.05) is 16.9 Å². The molecule has 162 valence electrons. The van der Waals surface area contributed by atoms with Crippen LogP contribution in [0.5, 0.6) is 11.5 Å². The Kier molecular flexibility index (Phi) is 5.45. The standard InChI is InChI=1S/C24H22N4O3S/c1-15(24(25)29)32-18-8-5-16(6-9-18)13-22-26-23-4-2-3-19(28(23)27-22)17-7-10-20-21(14-17)31-12-11-30-20/h2-10,14-15H,11-13H2,1H3,(H2,25,29). The van der Waals surface area contributed by atoms with Crippen LogP contribution < -0.4 is 15.2 Å². The minimum Gasteiger partial charge on any atom is -0.486 e. The van der Waals surface area contributed by atoms with Crippen molar-refractivity contribution in [2.75, 3.05) is 13.2 Å². The summed E-state index contributed by atoms with van der Waals surface area (Å²) >= 11 is 1.45. The molecule has 1 atom stereocenters. The van der Waals surface area contributed by atoms with E-state index in [-0.39, 0.29) is 11.2 Å². The number of fused-ring (bicyclic) bond motifs is 2. The third-order valence-electron chi connectivity index (χ3n) is 5.24. The highest BCUT2D eigenvalue weighted by Crippen LogP contribution is 2.34. The molecule has 0 fully saturated rings. The summed E-state index contributed by atoms with van der Waals surface area (Å²) in [6, 6.07) is 19.9. The van der Waals surface area contributed by atoms with Gasteiger partial charge in [0.05, 0.1) is 10.9 Å². The molecule has 0 spiro atoms. The summed E-state index contributed by atoms with van der Waals surface area (Å²) in [5.74, 6) is 1.93. The lowest BCUT2D eigenvalue weighted by molar-refractivity contribution is -0.117. The van der Waals surface area contributed by atoms with Gasteiger partial charge in [-0.25, -0.2) is 9.50 Å². The maximum atomic E-state index is 11.3. The number of thioether (sulfide) groups is 1. The Hall–Kier alpha value is -3.52. The first-order chi connectivity index (χ1) is 15.6. The van der Waals surface area contributed by atoms with Crippen molar-refractivity contribution in [3.63, 3.8) is 0 Å². The number of ether oxygens (including phenoxy) is 2. The second kappa shape index (κ2) is 8.55. The second-order valence-corrected chi connectivity index (χ2v) is 8.96. The summed E-state index contributed by atoms with van der Waals surface area (Å²) in [5, 5.41) is 4.49. The molecule has 2 aromatic heterocycles. The highest BCUT2D eigenvalue weighted by molar-refractivity contribution is 8.00. The first-order valence-electron chi connectivity index (χ1n) is 10.4. The van der Waals surface area contributed by atoms with Gasteiger partial charge in [-0.2, -0.15) is 5.10 Å². The van der Waals surface area contributed by atoms with E-state index < -0.39 is 0 Å². The molecule has 2 aromatic carbocycles. The summed E-state index contributed by atoms with van der Waals surface area (Å²) in [5.41, 5.74) is 9.15. The molecule has 3 heterocycles. The number of pyridine rings is 1. The minimum atomic E-state index is -0.318. The normalized spacial score (nSPS) is 13.8. The largest absolute Gasteiger partial charge is 0.486 e. The highest BCUT2D eigenvalue weighted by atomic mass is 32.2. The number of hydrogen-bond donors (Lipinski definition) is 1. The molecule has 1 amide bonds. The van der Waals surface area contributed by atoms with Crippen molar-refractivity contribution < 1.29 is 14.3 Å². The van der Waals surface area contributed by atoms with Crippen LogP contribution in [-0.2, 0) is 11.2 Å². The van der Waals surface area contributed by atoms with Gasteiger partial charge in [-0.05, 0) is 55.0 Å². The number of carbonyl (C=O) groups is 1. The van der Waals surface area contributed by atoms with Crippen LogP contribution in [0.25, 0.3) is 16.9 Å². The van der Waals surface area contributed by atoms with Gasteiger partial charge >= 0.3 is 0 Å². The quantitative estimate of drug-likeness (QED) is 0.454. The van der Waals surface area contributed by atoms with E-state index in [2.05, 4.69) is 0 Å². The van der Waals surface area contributed by atoms with E-state index in [1.54, 1.807) is 6.92 Å². The number of nitrogens with two attached hydrogens (primary N) is 1. The zero-order valence-electron chi connectivity index (χ0n) is 17.5. The smallest absolute Gasteiger partial charge is 0.230 e. The van der Waals surface area contributed by atoms with Crippen molar-refractivity contribution in [3.8, 4) is 22.8 Å². The van der Waals surface area contributed by atoms with E-state index in [0.717, 1.165) is 44.7 Å². The van der Waals surface area contributed by atoms with Crippen LogP contribution in [0.4, 0.5) is 0 Å². The van der Waals surface area contributed by atoms with Crippen LogP contribution in [0.1, 0.15) is 18.3 Å². The Morgan fingerprint density at radius 1 is 1.09 bits per heavy atom. The SMILES string of the molecule is CC(Sc1ccc(Cc2nc3cccc(-c4ccc5c(c4)OCCO5)n3n2)cc1)C(N)=O. The van der Waals surface area contributed by atoms with Crippen molar-refractivity contribution in [2.24, 2.45) is 5.73 Å². The lowest BCUT2D eigenvalue weighted by atomic mass is 10.1. The molecule has 1 aliphatic heterocycles. The number of primary amides is 1. The topological polar surface area (TPSA) is 91.7 Å². The molecule has 32 heavy (non-hydrogen) atoms. The van der Waals surface area contributed by atoms with Crippen molar-refractivity contribution >= 4 is 23.3 Å². The number of nitrogens with zero attached hydrogens (tertiary/aromatic N) is 3. The number of benzene rings is 2. The van der Waals surface area contributed by atoms with Gasteiger partial charge < -0.3 is 15.2 Å². The van der Waals surface area contributed by atoms with E-state index in [1.807, 2.05) is 65.2 Å². The Morgan fingerprint density at radius 2 is 1.88 bits per heavy atom. The van der Waals surface area contributed by atoms with E-state index in [1.165, 1.54) is 11.8 Å². The second-order valence-electron chi connectivity index (χ2n) is 7.55. The van der Waals surface area contributed by atoms with Gasteiger partial charge in [0.2, 0.25) is 5.91 Å². The molecule has 4 aromatic rings. The minimum absolute atomic E-state index is 0.264. The number of hydrogen-bond acceptors (Lipinski definition) is 6. The zero-order valence-corrected chi connectivity index (χ0v) is 18.3. The van der Waals surface area contributed by atoms with E-state index >= 15 is 0 Å². The van der Waals surface area contributed by atoms with Crippen molar-refractivity contribution in [1.29, 1.82) is 0 Å². The van der Waals surface area contributed by atoms with E-state index in [0.29, 0.717) is 19.6 Å². The predicted molar refractivity (Wildman–Crippen MR) is 123 cm³/mol. The third-order valence-corrected chi connectivity index (χ3v) is 6.37.